The van der Waals surface area contributed by atoms with E-state index in [1.54, 1.807) is 5.57 Å². The number of benzene rings is 1. The SMILES string of the molecule is Cc1ccc(C2CC(NCCC3=CCCCC3)C2)cc1. The summed E-state index contributed by atoms with van der Waals surface area (Å²) < 4.78 is 0. The number of aryl methyl sites for hydroxylation is 1. The second kappa shape index (κ2) is 6.58. The zero-order chi connectivity index (χ0) is 13.8. The predicted octanol–water partition coefficient (Wildman–Crippen LogP) is 4.72. The molecule has 3 rings (SSSR count). The molecule has 0 heterocycles. The maximum atomic E-state index is 3.74. The Labute approximate surface area is 123 Å². The summed E-state index contributed by atoms with van der Waals surface area (Å²) in [6.07, 6.45) is 11.9. The van der Waals surface area contributed by atoms with Crippen LogP contribution in [0.25, 0.3) is 0 Å². The highest BCUT2D eigenvalue weighted by Gasteiger charge is 2.29. The zero-order valence-corrected chi connectivity index (χ0v) is 12.7. The van der Waals surface area contributed by atoms with E-state index in [0.29, 0.717) is 0 Å². The lowest BCUT2D eigenvalue weighted by molar-refractivity contribution is 0.292. The van der Waals surface area contributed by atoms with E-state index in [1.165, 1.54) is 62.6 Å². The molecule has 2 aliphatic rings. The summed E-state index contributed by atoms with van der Waals surface area (Å²) in [4.78, 5) is 0. The van der Waals surface area contributed by atoms with Gasteiger partial charge in [-0.15, -0.1) is 0 Å². The monoisotopic (exact) mass is 269 g/mol. The van der Waals surface area contributed by atoms with E-state index in [-0.39, 0.29) is 0 Å². The molecule has 1 heteroatoms. The van der Waals surface area contributed by atoms with Crippen molar-refractivity contribution in [2.24, 2.45) is 0 Å². The second-order valence-electron chi connectivity index (χ2n) is 6.59. The van der Waals surface area contributed by atoms with Crippen molar-refractivity contribution in [2.75, 3.05) is 6.54 Å². The van der Waals surface area contributed by atoms with Crippen LogP contribution in [-0.4, -0.2) is 12.6 Å². The van der Waals surface area contributed by atoms with Crippen LogP contribution in [0, 0.1) is 6.92 Å². The summed E-state index contributed by atoms with van der Waals surface area (Å²) in [5.41, 5.74) is 4.59. The first-order valence-electron chi connectivity index (χ1n) is 8.29. The van der Waals surface area contributed by atoms with Crippen LogP contribution in [0.3, 0.4) is 0 Å². The highest BCUT2D eigenvalue weighted by atomic mass is 14.9. The fraction of sp³-hybridized carbons (Fsp3) is 0.579. The lowest BCUT2D eigenvalue weighted by Gasteiger charge is -2.36. The molecule has 0 saturated heterocycles. The summed E-state index contributed by atoms with van der Waals surface area (Å²) in [6.45, 7) is 3.34. The maximum absolute atomic E-state index is 3.74. The van der Waals surface area contributed by atoms with Crippen molar-refractivity contribution in [2.45, 2.75) is 63.8 Å². The van der Waals surface area contributed by atoms with E-state index in [4.69, 9.17) is 0 Å². The molecule has 0 bridgehead atoms. The van der Waals surface area contributed by atoms with Crippen LogP contribution in [0.4, 0.5) is 0 Å². The molecule has 1 saturated carbocycles. The first-order chi connectivity index (χ1) is 9.81. The summed E-state index contributed by atoms with van der Waals surface area (Å²) in [5.74, 6) is 0.794. The van der Waals surface area contributed by atoms with Crippen LogP contribution >= 0.6 is 0 Å². The average Bonchev–Trinajstić information content (AvgIpc) is 2.44. The van der Waals surface area contributed by atoms with Crippen molar-refractivity contribution in [3.8, 4) is 0 Å². The van der Waals surface area contributed by atoms with Gasteiger partial charge < -0.3 is 5.32 Å². The molecule has 1 aromatic carbocycles. The van der Waals surface area contributed by atoms with E-state index < -0.39 is 0 Å². The molecule has 20 heavy (non-hydrogen) atoms. The van der Waals surface area contributed by atoms with Crippen molar-refractivity contribution in [3.05, 3.63) is 47.0 Å². The third kappa shape index (κ3) is 3.52. The van der Waals surface area contributed by atoms with Gasteiger partial charge in [0.05, 0.1) is 0 Å². The summed E-state index contributed by atoms with van der Waals surface area (Å²) >= 11 is 0. The average molecular weight is 269 g/mol. The molecule has 1 nitrogen and oxygen atoms in total. The van der Waals surface area contributed by atoms with Gasteiger partial charge in [0.15, 0.2) is 0 Å². The number of hydrogen-bond acceptors (Lipinski definition) is 1. The van der Waals surface area contributed by atoms with E-state index in [2.05, 4.69) is 42.6 Å². The van der Waals surface area contributed by atoms with Crippen molar-refractivity contribution < 1.29 is 0 Å². The Kier molecular flexibility index (Phi) is 4.57. The Morgan fingerprint density at radius 3 is 2.60 bits per heavy atom. The van der Waals surface area contributed by atoms with Crippen molar-refractivity contribution in [3.63, 3.8) is 0 Å². The van der Waals surface area contributed by atoms with Crippen LogP contribution in [0.5, 0.6) is 0 Å². The van der Waals surface area contributed by atoms with Crippen molar-refractivity contribution >= 4 is 0 Å². The zero-order valence-electron chi connectivity index (χ0n) is 12.7. The topological polar surface area (TPSA) is 12.0 Å². The third-order valence-electron chi connectivity index (χ3n) is 4.95. The van der Waals surface area contributed by atoms with Crippen LogP contribution < -0.4 is 5.32 Å². The van der Waals surface area contributed by atoms with Gasteiger partial charge in [-0.25, -0.2) is 0 Å². The van der Waals surface area contributed by atoms with Gasteiger partial charge in [0, 0.05) is 6.04 Å². The Morgan fingerprint density at radius 2 is 1.90 bits per heavy atom. The van der Waals surface area contributed by atoms with Crippen molar-refractivity contribution in [1.29, 1.82) is 0 Å². The fourth-order valence-electron chi connectivity index (χ4n) is 3.46. The van der Waals surface area contributed by atoms with Gasteiger partial charge in [0.2, 0.25) is 0 Å². The summed E-state index contributed by atoms with van der Waals surface area (Å²) in [7, 11) is 0. The van der Waals surface area contributed by atoms with Gasteiger partial charge in [0.25, 0.3) is 0 Å². The highest BCUT2D eigenvalue weighted by Crippen LogP contribution is 2.36. The quantitative estimate of drug-likeness (QED) is 0.763. The Morgan fingerprint density at radius 1 is 1.10 bits per heavy atom. The lowest BCUT2D eigenvalue weighted by atomic mass is 9.75. The lowest BCUT2D eigenvalue weighted by Crippen LogP contribution is -2.40. The molecule has 0 aromatic heterocycles. The molecule has 0 amide bonds. The van der Waals surface area contributed by atoms with Crippen LogP contribution in [0.15, 0.2) is 35.9 Å². The van der Waals surface area contributed by atoms with Gasteiger partial charge in [-0.1, -0.05) is 41.5 Å². The first-order valence-corrected chi connectivity index (χ1v) is 8.29. The van der Waals surface area contributed by atoms with Crippen molar-refractivity contribution in [1.82, 2.24) is 5.32 Å². The fourth-order valence-corrected chi connectivity index (χ4v) is 3.46. The highest BCUT2D eigenvalue weighted by molar-refractivity contribution is 5.26. The first kappa shape index (κ1) is 13.9. The Hall–Kier alpha value is -1.08. The third-order valence-corrected chi connectivity index (χ3v) is 4.95. The molecule has 0 aliphatic heterocycles. The molecular weight excluding hydrogens is 242 g/mol. The van der Waals surface area contributed by atoms with Gasteiger partial charge in [-0.2, -0.15) is 0 Å². The van der Waals surface area contributed by atoms with Gasteiger partial charge in [-0.3, -0.25) is 0 Å². The summed E-state index contributed by atoms with van der Waals surface area (Å²) in [6, 6.07) is 9.86. The molecule has 0 spiro atoms. The van der Waals surface area contributed by atoms with Gasteiger partial charge >= 0.3 is 0 Å². The van der Waals surface area contributed by atoms with Gasteiger partial charge in [0.1, 0.15) is 0 Å². The van der Waals surface area contributed by atoms with E-state index in [9.17, 15) is 0 Å². The smallest absolute Gasteiger partial charge is 0.00788 e. The minimum atomic E-state index is 0.755. The molecular formula is C19H27N. The standard InChI is InChI=1S/C19H27N/c1-15-7-9-17(10-8-15)18-13-19(14-18)20-12-11-16-5-3-2-4-6-16/h5,7-10,18-20H,2-4,6,11-14H2,1H3. The van der Waals surface area contributed by atoms with E-state index in [0.717, 1.165) is 12.0 Å². The van der Waals surface area contributed by atoms with Gasteiger partial charge in [-0.05, 0) is 69.9 Å². The minimum Gasteiger partial charge on any atom is -0.314 e. The number of rotatable bonds is 5. The summed E-state index contributed by atoms with van der Waals surface area (Å²) in [5, 5.41) is 3.74. The predicted molar refractivity (Wildman–Crippen MR) is 86.1 cm³/mol. The maximum Gasteiger partial charge on any atom is 0.00788 e. The number of allylic oxidation sites excluding steroid dienone is 1. The molecule has 2 aliphatic carbocycles. The molecule has 0 radical (unpaired) electrons. The largest absolute Gasteiger partial charge is 0.314 e. The second-order valence-corrected chi connectivity index (χ2v) is 6.59. The molecule has 1 N–H and O–H groups in total. The molecule has 0 unspecified atom stereocenters. The molecule has 0 atom stereocenters. The van der Waals surface area contributed by atoms with Crippen LogP contribution in [0.1, 0.15) is 62.0 Å². The Balaban J connectivity index is 1.36. The number of nitrogens with one attached hydrogen (secondary N) is 1. The van der Waals surface area contributed by atoms with E-state index in [1.807, 2.05) is 0 Å². The molecule has 1 aromatic rings. The van der Waals surface area contributed by atoms with Crippen LogP contribution in [0.2, 0.25) is 0 Å². The number of hydrogen-bond donors (Lipinski definition) is 1. The Bertz CT molecular complexity index is 451. The van der Waals surface area contributed by atoms with Crippen LogP contribution in [-0.2, 0) is 0 Å². The molecule has 108 valence electrons. The van der Waals surface area contributed by atoms with E-state index >= 15 is 0 Å². The molecule has 1 fully saturated rings. The normalized spacial score (nSPS) is 25.9. The minimum absolute atomic E-state index is 0.755.